The van der Waals surface area contributed by atoms with Gasteiger partial charge in [0.15, 0.2) is 0 Å². The number of likely N-dealkylation sites (tertiary alicyclic amines) is 1. The molecule has 8 heteroatoms. The number of carbonyl (C=O) groups is 1. The van der Waals surface area contributed by atoms with E-state index >= 15 is 0 Å². The first-order valence-electron chi connectivity index (χ1n) is 10.9. The number of nitrogens with zero attached hydrogens (tertiary/aromatic N) is 5. The van der Waals surface area contributed by atoms with Gasteiger partial charge in [0.25, 0.3) is 5.91 Å². The van der Waals surface area contributed by atoms with E-state index in [9.17, 15) is 4.79 Å². The first-order chi connectivity index (χ1) is 16.0. The molecule has 0 spiro atoms. The zero-order chi connectivity index (χ0) is 22.9. The molecule has 3 aromatic heterocycles. The molecule has 1 aliphatic rings. The second-order valence-corrected chi connectivity index (χ2v) is 8.29. The lowest BCUT2D eigenvalue weighted by atomic mass is 10.0. The number of methoxy groups -OCH3 is 1. The van der Waals surface area contributed by atoms with Crippen LogP contribution in [0.2, 0.25) is 0 Å². The molecule has 0 radical (unpaired) electrons. The van der Waals surface area contributed by atoms with Gasteiger partial charge in [-0.05, 0) is 42.8 Å². The Balaban J connectivity index is 1.37. The number of amides is 1. The van der Waals surface area contributed by atoms with Gasteiger partial charge in [-0.25, -0.2) is 9.97 Å². The molecule has 1 amide bonds. The van der Waals surface area contributed by atoms with Crippen LogP contribution in [0.5, 0.6) is 11.6 Å². The Kier molecular flexibility index (Phi) is 5.42. The van der Waals surface area contributed by atoms with Gasteiger partial charge in [-0.15, -0.1) is 0 Å². The monoisotopic (exact) mass is 443 g/mol. The molecule has 8 nitrogen and oxygen atoms in total. The molecule has 168 valence electrons. The Morgan fingerprint density at radius 1 is 1.15 bits per heavy atom. The van der Waals surface area contributed by atoms with Gasteiger partial charge in [-0.3, -0.25) is 9.78 Å². The van der Waals surface area contributed by atoms with Crippen LogP contribution < -0.4 is 9.47 Å². The third kappa shape index (κ3) is 4.11. The van der Waals surface area contributed by atoms with Crippen LogP contribution in [0.25, 0.3) is 22.0 Å². The highest BCUT2D eigenvalue weighted by Crippen LogP contribution is 2.32. The summed E-state index contributed by atoms with van der Waals surface area (Å²) < 4.78 is 13.3. The van der Waals surface area contributed by atoms with Gasteiger partial charge >= 0.3 is 0 Å². The van der Waals surface area contributed by atoms with Gasteiger partial charge in [0.05, 0.1) is 25.5 Å². The predicted octanol–water partition coefficient (Wildman–Crippen LogP) is 3.64. The fraction of sp³-hybridized carbons (Fsp3) is 0.280. The Labute approximate surface area is 191 Å². The first-order valence-corrected chi connectivity index (χ1v) is 10.9. The number of hydrogen-bond acceptors (Lipinski definition) is 6. The van der Waals surface area contributed by atoms with Crippen molar-refractivity contribution in [3.05, 3.63) is 66.5 Å². The summed E-state index contributed by atoms with van der Waals surface area (Å²) in [5.74, 6) is 1.31. The number of benzene rings is 1. The average molecular weight is 444 g/mol. The van der Waals surface area contributed by atoms with Gasteiger partial charge in [0.2, 0.25) is 5.88 Å². The summed E-state index contributed by atoms with van der Waals surface area (Å²) >= 11 is 0. The SMILES string of the molecule is COc1ncc(-c2ccnc3ccc(O[C@H]4CCN(C(=O)c5cn(C)cn5)C4)cc23)cc1C. The molecular weight excluding hydrogens is 418 g/mol. The van der Waals surface area contributed by atoms with Crippen LogP contribution in [-0.4, -0.2) is 56.6 Å². The van der Waals surface area contributed by atoms with Crippen LogP contribution in [0, 0.1) is 6.92 Å². The number of imidazole rings is 1. The number of aromatic nitrogens is 4. The van der Waals surface area contributed by atoms with Crippen molar-refractivity contribution in [2.45, 2.75) is 19.4 Å². The molecule has 1 aliphatic heterocycles. The molecule has 0 N–H and O–H groups in total. The Bertz CT molecular complexity index is 1330. The Hall–Kier alpha value is -3.94. The topological polar surface area (TPSA) is 82.4 Å². The average Bonchev–Trinajstić information content (AvgIpc) is 3.47. The van der Waals surface area contributed by atoms with Crippen molar-refractivity contribution < 1.29 is 14.3 Å². The molecule has 0 bridgehead atoms. The maximum absolute atomic E-state index is 12.7. The summed E-state index contributed by atoms with van der Waals surface area (Å²) in [5, 5.41) is 0.987. The summed E-state index contributed by atoms with van der Waals surface area (Å²) in [5.41, 5.74) is 4.33. The largest absolute Gasteiger partial charge is 0.488 e. The van der Waals surface area contributed by atoms with E-state index in [1.165, 1.54) is 0 Å². The predicted molar refractivity (Wildman–Crippen MR) is 124 cm³/mol. The molecule has 1 atom stereocenters. The summed E-state index contributed by atoms with van der Waals surface area (Å²) in [6, 6.07) is 9.95. The van der Waals surface area contributed by atoms with Crippen LogP contribution in [0.1, 0.15) is 22.5 Å². The lowest BCUT2D eigenvalue weighted by Crippen LogP contribution is -2.31. The lowest BCUT2D eigenvalue weighted by Gasteiger charge is -2.17. The highest BCUT2D eigenvalue weighted by Gasteiger charge is 2.29. The van der Waals surface area contributed by atoms with E-state index < -0.39 is 0 Å². The van der Waals surface area contributed by atoms with Gasteiger partial charge < -0.3 is 18.9 Å². The summed E-state index contributed by atoms with van der Waals surface area (Å²) in [6.07, 6.45) is 7.70. The Morgan fingerprint density at radius 3 is 2.79 bits per heavy atom. The molecule has 0 unspecified atom stereocenters. The highest BCUT2D eigenvalue weighted by molar-refractivity contribution is 5.95. The molecule has 1 fully saturated rings. The number of carbonyl (C=O) groups excluding carboxylic acids is 1. The highest BCUT2D eigenvalue weighted by atomic mass is 16.5. The van der Waals surface area contributed by atoms with E-state index in [0.717, 1.165) is 39.8 Å². The number of fused-ring (bicyclic) bond motifs is 1. The van der Waals surface area contributed by atoms with Crippen molar-refractivity contribution in [1.82, 2.24) is 24.4 Å². The van der Waals surface area contributed by atoms with E-state index in [1.807, 2.05) is 44.4 Å². The van der Waals surface area contributed by atoms with Crippen molar-refractivity contribution in [3.63, 3.8) is 0 Å². The van der Waals surface area contributed by atoms with Crippen LogP contribution >= 0.6 is 0 Å². The second-order valence-electron chi connectivity index (χ2n) is 8.29. The minimum atomic E-state index is -0.0693. The van der Waals surface area contributed by atoms with E-state index in [2.05, 4.69) is 21.0 Å². The van der Waals surface area contributed by atoms with E-state index in [-0.39, 0.29) is 12.0 Å². The minimum absolute atomic E-state index is 0.0610. The molecule has 5 rings (SSSR count). The van der Waals surface area contributed by atoms with Crippen molar-refractivity contribution in [3.8, 4) is 22.8 Å². The standard InChI is InChI=1S/C25H25N5O3/c1-16-10-17(12-27-24(16)32-3)20-6-8-26-22-5-4-18(11-21(20)22)33-19-7-9-30(13-19)25(31)23-14-29(2)15-28-23/h4-6,8,10-12,14-15,19H,7,9,13H2,1-3H3/t19-/m0/s1. The van der Waals surface area contributed by atoms with E-state index in [4.69, 9.17) is 9.47 Å². The Morgan fingerprint density at radius 2 is 2.03 bits per heavy atom. The van der Waals surface area contributed by atoms with Crippen LogP contribution in [0.4, 0.5) is 0 Å². The second kappa shape index (κ2) is 8.54. The first kappa shape index (κ1) is 20.9. The van der Waals surface area contributed by atoms with Crippen molar-refractivity contribution in [2.75, 3.05) is 20.2 Å². The quantitative estimate of drug-likeness (QED) is 0.468. The molecule has 4 heterocycles. The van der Waals surface area contributed by atoms with Crippen LogP contribution in [0.3, 0.4) is 0 Å². The van der Waals surface area contributed by atoms with E-state index in [1.54, 1.807) is 35.3 Å². The molecular formula is C25H25N5O3. The maximum Gasteiger partial charge on any atom is 0.274 e. The van der Waals surface area contributed by atoms with Gasteiger partial charge in [-0.2, -0.15) is 0 Å². The van der Waals surface area contributed by atoms with E-state index in [0.29, 0.717) is 24.7 Å². The van der Waals surface area contributed by atoms with Gasteiger partial charge in [0.1, 0.15) is 17.5 Å². The smallest absolute Gasteiger partial charge is 0.274 e. The van der Waals surface area contributed by atoms with Crippen LogP contribution in [-0.2, 0) is 7.05 Å². The van der Waals surface area contributed by atoms with Gasteiger partial charge in [0, 0.05) is 55.1 Å². The fourth-order valence-corrected chi connectivity index (χ4v) is 4.26. The molecule has 4 aromatic rings. The van der Waals surface area contributed by atoms with Crippen LogP contribution in [0.15, 0.2) is 55.2 Å². The molecule has 1 saturated heterocycles. The molecule has 0 saturated carbocycles. The summed E-state index contributed by atoms with van der Waals surface area (Å²) in [7, 11) is 3.47. The fourth-order valence-electron chi connectivity index (χ4n) is 4.26. The summed E-state index contributed by atoms with van der Waals surface area (Å²) in [6.45, 7) is 3.16. The third-order valence-corrected chi connectivity index (χ3v) is 5.91. The molecule has 33 heavy (non-hydrogen) atoms. The molecule has 0 aliphatic carbocycles. The zero-order valence-electron chi connectivity index (χ0n) is 18.9. The van der Waals surface area contributed by atoms with Gasteiger partial charge in [-0.1, -0.05) is 0 Å². The third-order valence-electron chi connectivity index (χ3n) is 5.91. The number of aryl methyl sites for hydroxylation is 2. The lowest BCUT2D eigenvalue weighted by molar-refractivity contribution is 0.0767. The minimum Gasteiger partial charge on any atom is -0.488 e. The van der Waals surface area contributed by atoms with Crippen molar-refractivity contribution in [1.29, 1.82) is 0 Å². The summed E-state index contributed by atoms with van der Waals surface area (Å²) in [4.78, 5) is 27.6. The number of rotatable bonds is 5. The zero-order valence-corrected chi connectivity index (χ0v) is 18.9. The van der Waals surface area contributed by atoms with Crippen molar-refractivity contribution in [2.24, 2.45) is 7.05 Å². The van der Waals surface area contributed by atoms with Crippen molar-refractivity contribution >= 4 is 16.8 Å². The number of ether oxygens (including phenoxy) is 2. The number of hydrogen-bond donors (Lipinski definition) is 0. The normalized spacial score (nSPS) is 15.7. The molecule has 1 aromatic carbocycles. The number of pyridine rings is 2. The maximum atomic E-state index is 12.7.